The van der Waals surface area contributed by atoms with Crippen LogP contribution >= 0.6 is 24.0 Å². The Morgan fingerprint density at radius 1 is 1.40 bits per heavy atom. The van der Waals surface area contributed by atoms with Crippen molar-refractivity contribution in [3.05, 3.63) is 24.2 Å². The van der Waals surface area contributed by atoms with E-state index in [9.17, 15) is 13.2 Å². The highest BCUT2D eigenvalue weighted by molar-refractivity contribution is 14.0. The van der Waals surface area contributed by atoms with Gasteiger partial charge in [-0.15, -0.1) is 24.0 Å². The number of nitrogens with one attached hydrogen (secondary N) is 2. The quantitative estimate of drug-likeness (QED) is 0.363. The molecule has 0 aromatic carbocycles. The Hall–Kier alpha value is -0.970. The van der Waals surface area contributed by atoms with Gasteiger partial charge in [0, 0.05) is 32.6 Å². The molecular formula is C16H26F3IN4O. The van der Waals surface area contributed by atoms with Crippen LogP contribution in [0.5, 0.6) is 0 Å². The van der Waals surface area contributed by atoms with Gasteiger partial charge in [0.25, 0.3) is 0 Å². The molecule has 2 heterocycles. The third-order valence-corrected chi connectivity index (χ3v) is 3.87. The van der Waals surface area contributed by atoms with E-state index in [2.05, 4.69) is 15.6 Å². The fraction of sp³-hybridized carbons (Fsp3) is 0.688. The first-order valence-corrected chi connectivity index (χ1v) is 8.30. The maximum Gasteiger partial charge on any atom is 0.401 e. The smallest absolute Gasteiger partial charge is 0.401 e. The van der Waals surface area contributed by atoms with Gasteiger partial charge >= 0.3 is 6.18 Å². The molecule has 1 atom stereocenters. The van der Waals surface area contributed by atoms with Crippen LogP contribution in [0.25, 0.3) is 0 Å². The lowest BCUT2D eigenvalue weighted by Crippen LogP contribution is -2.38. The van der Waals surface area contributed by atoms with Crippen LogP contribution in [0.15, 0.2) is 27.8 Å². The Labute approximate surface area is 163 Å². The number of hydrogen-bond acceptors (Lipinski definition) is 3. The van der Waals surface area contributed by atoms with Crippen molar-refractivity contribution >= 4 is 29.9 Å². The van der Waals surface area contributed by atoms with Gasteiger partial charge < -0.3 is 15.1 Å². The number of alkyl halides is 3. The monoisotopic (exact) mass is 474 g/mol. The molecule has 1 fully saturated rings. The minimum Gasteiger partial charge on any atom is -0.469 e. The molecule has 0 saturated carbocycles. The van der Waals surface area contributed by atoms with Gasteiger partial charge in [0.1, 0.15) is 5.76 Å². The summed E-state index contributed by atoms with van der Waals surface area (Å²) in [7, 11) is 0. The van der Waals surface area contributed by atoms with Crippen LogP contribution in [0, 0.1) is 5.92 Å². The molecule has 5 nitrogen and oxygen atoms in total. The highest BCUT2D eigenvalue weighted by atomic mass is 127. The highest BCUT2D eigenvalue weighted by Crippen LogP contribution is 2.22. The van der Waals surface area contributed by atoms with E-state index in [1.807, 2.05) is 19.1 Å². The molecule has 1 saturated heterocycles. The number of hydrogen-bond donors (Lipinski definition) is 2. The number of likely N-dealkylation sites (tertiary alicyclic amines) is 1. The van der Waals surface area contributed by atoms with Gasteiger partial charge in [-0.2, -0.15) is 13.2 Å². The maximum absolute atomic E-state index is 12.4. The average Bonchev–Trinajstić information content (AvgIpc) is 3.15. The zero-order valence-corrected chi connectivity index (χ0v) is 16.6. The van der Waals surface area contributed by atoms with Crippen molar-refractivity contribution in [3.63, 3.8) is 0 Å². The van der Waals surface area contributed by atoms with Crippen LogP contribution in [0.1, 0.15) is 19.1 Å². The number of nitrogens with zero attached hydrogens (tertiary/aromatic N) is 2. The summed E-state index contributed by atoms with van der Waals surface area (Å²) >= 11 is 0. The van der Waals surface area contributed by atoms with Crippen molar-refractivity contribution in [3.8, 4) is 0 Å². The molecule has 1 aliphatic rings. The predicted molar refractivity (Wildman–Crippen MR) is 102 cm³/mol. The molecule has 9 heteroatoms. The first-order valence-electron chi connectivity index (χ1n) is 8.30. The summed E-state index contributed by atoms with van der Waals surface area (Å²) in [6.07, 6.45) is -0.979. The van der Waals surface area contributed by atoms with Crippen LogP contribution in [0.2, 0.25) is 0 Å². The SMILES string of the molecule is CCNC(=NCC1CCN(CC(F)(F)F)C1)NCCc1ccco1.I. The van der Waals surface area contributed by atoms with Crippen LogP contribution in [0.4, 0.5) is 13.2 Å². The molecule has 0 radical (unpaired) electrons. The summed E-state index contributed by atoms with van der Waals surface area (Å²) in [5.41, 5.74) is 0. The Bertz CT molecular complexity index is 508. The van der Waals surface area contributed by atoms with E-state index in [4.69, 9.17) is 4.42 Å². The van der Waals surface area contributed by atoms with E-state index in [1.54, 1.807) is 6.26 Å². The molecule has 1 aliphatic heterocycles. The van der Waals surface area contributed by atoms with E-state index in [-0.39, 0.29) is 29.9 Å². The van der Waals surface area contributed by atoms with Crippen molar-refractivity contribution in [2.24, 2.45) is 10.9 Å². The van der Waals surface area contributed by atoms with E-state index >= 15 is 0 Å². The standard InChI is InChI=1S/C16H25F3N4O.HI/c1-2-20-15(21-7-5-14-4-3-9-24-14)22-10-13-6-8-23(11-13)12-16(17,18)19;/h3-4,9,13H,2,5-8,10-12H2,1H3,(H2,20,21,22);1H. The van der Waals surface area contributed by atoms with Gasteiger partial charge in [-0.25, -0.2) is 0 Å². The minimum absolute atomic E-state index is 0. The molecule has 2 N–H and O–H groups in total. The summed E-state index contributed by atoms with van der Waals surface area (Å²) < 4.78 is 42.5. The van der Waals surface area contributed by atoms with Crippen molar-refractivity contribution < 1.29 is 17.6 Å². The Kier molecular flexibility index (Phi) is 9.62. The fourth-order valence-electron chi connectivity index (χ4n) is 2.78. The Balaban J connectivity index is 0.00000312. The van der Waals surface area contributed by atoms with Crippen molar-refractivity contribution in [2.75, 3.05) is 39.3 Å². The van der Waals surface area contributed by atoms with Crippen LogP contribution in [0.3, 0.4) is 0 Å². The molecule has 0 bridgehead atoms. The number of guanidine groups is 1. The van der Waals surface area contributed by atoms with Gasteiger partial charge in [0.05, 0.1) is 12.8 Å². The highest BCUT2D eigenvalue weighted by Gasteiger charge is 2.34. The van der Waals surface area contributed by atoms with Crippen molar-refractivity contribution in [1.29, 1.82) is 0 Å². The molecule has 25 heavy (non-hydrogen) atoms. The molecule has 1 aromatic heterocycles. The largest absolute Gasteiger partial charge is 0.469 e. The molecule has 0 amide bonds. The van der Waals surface area contributed by atoms with Gasteiger partial charge in [0.15, 0.2) is 5.96 Å². The number of aliphatic imine (C=N–C) groups is 1. The van der Waals surface area contributed by atoms with Crippen LogP contribution < -0.4 is 10.6 Å². The lowest BCUT2D eigenvalue weighted by molar-refractivity contribution is -0.143. The van der Waals surface area contributed by atoms with Gasteiger partial charge in [-0.05, 0) is 37.9 Å². The summed E-state index contributed by atoms with van der Waals surface area (Å²) in [6.45, 7) is 4.04. The van der Waals surface area contributed by atoms with E-state index in [1.165, 1.54) is 4.90 Å². The minimum atomic E-state index is -4.12. The van der Waals surface area contributed by atoms with Gasteiger partial charge in [0.2, 0.25) is 0 Å². The van der Waals surface area contributed by atoms with E-state index in [0.717, 1.165) is 25.1 Å². The van der Waals surface area contributed by atoms with Gasteiger partial charge in [-0.3, -0.25) is 9.89 Å². The topological polar surface area (TPSA) is 52.8 Å². The Morgan fingerprint density at radius 3 is 2.84 bits per heavy atom. The Morgan fingerprint density at radius 2 is 2.20 bits per heavy atom. The van der Waals surface area contributed by atoms with Crippen molar-refractivity contribution in [1.82, 2.24) is 15.5 Å². The number of rotatable bonds is 7. The maximum atomic E-state index is 12.4. The number of halogens is 4. The predicted octanol–water partition coefficient (Wildman–Crippen LogP) is 2.88. The summed E-state index contributed by atoms with van der Waals surface area (Å²) in [5, 5.41) is 6.37. The second kappa shape index (κ2) is 10.9. The number of furan rings is 1. The van der Waals surface area contributed by atoms with E-state index < -0.39 is 12.7 Å². The zero-order valence-electron chi connectivity index (χ0n) is 14.3. The first kappa shape index (κ1) is 22.1. The normalized spacial score (nSPS) is 18.9. The molecule has 0 spiro atoms. The second-order valence-electron chi connectivity index (χ2n) is 5.98. The fourth-order valence-corrected chi connectivity index (χ4v) is 2.78. The van der Waals surface area contributed by atoms with Crippen molar-refractivity contribution in [2.45, 2.75) is 25.9 Å². The second-order valence-corrected chi connectivity index (χ2v) is 5.98. The average molecular weight is 474 g/mol. The first-order chi connectivity index (χ1) is 11.5. The molecule has 2 rings (SSSR count). The summed E-state index contributed by atoms with van der Waals surface area (Å²) in [6, 6.07) is 3.76. The third kappa shape index (κ3) is 8.80. The third-order valence-electron chi connectivity index (χ3n) is 3.87. The van der Waals surface area contributed by atoms with Gasteiger partial charge in [-0.1, -0.05) is 0 Å². The van der Waals surface area contributed by atoms with E-state index in [0.29, 0.717) is 32.1 Å². The zero-order chi connectivity index (χ0) is 17.4. The van der Waals surface area contributed by atoms with Crippen LogP contribution in [-0.4, -0.2) is 56.3 Å². The molecule has 1 unspecified atom stereocenters. The molecule has 0 aliphatic carbocycles. The lowest BCUT2D eigenvalue weighted by atomic mass is 10.1. The summed E-state index contributed by atoms with van der Waals surface area (Å²) in [5.74, 6) is 1.77. The molecular weight excluding hydrogens is 448 g/mol. The van der Waals surface area contributed by atoms with Crippen LogP contribution in [-0.2, 0) is 6.42 Å². The lowest BCUT2D eigenvalue weighted by Gasteiger charge is -2.17. The summed E-state index contributed by atoms with van der Waals surface area (Å²) in [4.78, 5) is 5.96. The molecule has 1 aromatic rings. The molecule has 144 valence electrons.